The minimum Gasteiger partial charge on any atom is -0.480 e. The molecule has 3 heterocycles. The number of ether oxygens (including phenoxy) is 1. The van der Waals surface area contributed by atoms with Crippen molar-refractivity contribution in [1.82, 2.24) is 30.2 Å². The zero-order chi connectivity index (χ0) is 24.3. The third kappa shape index (κ3) is 4.89. The topological polar surface area (TPSA) is 85.2 Å². The number of aromatic nitrogens is 4. The highest BCUT2D eigenvalue weighted by Gasteiger charge is 2.41. The van der Waals surface area contributed by atoms with Crippen molar-refractivity contribution in [2.75, 3.05) is 20.2 Å². The second-order valence-electron chi connectivity index (χ2n) is 8.01. The van der Waals surface area contributed by atoms with Crippen molar-refractivity contribution in [3.63, 3.8) is 0 Å². The molecule has 1 unspecified atom stereocenters. The quantitative estimate of drug-likeness (QED) is 0.566. The highest BCUT2D eigenvalue weighted by atomic mass is 19.4. The summed E-state index contributed by atoms with van der Waals surface area (Å²) in [7, 11) is 1.37. The van der Waals surface area contributed by atoms with Gasteiger partial charge in [0.1, 0.15) is 0 Å². The summed E-state index contributed by atoms with van der Waals surface area (Å²) in [5, 5.41) is 13.9. The van der Waals surface area contributed by atoms with Crippen molar-refractivity contribution in [2.24, 2.45) is 0 Å². The Morgan fingerprint density at radius 1 is 1.18 bits per heavy atom. The van der Waals surface area contributed by atoms with Crippen LogP contribution >= 0.6 is 0 Å². The van der Waals surface area contributed by atoms with Gasteiger partial charge in [-0.3, -0.25) is 9.69 Å². The molecule has 3 aromatic rings. The lowest BCUT2D eigenvalue weighted by Crippen LogP contribution is -2.45. The molecule has 0 spiro atoms. The summed E-state index contributed by atoms with van der Waals surface area (Å²) in [4.78, 5) is 15.1. The minimum atomic E-state index is -4.83. The van der Waals surface area contributed by atoms with E-state index in [9.17, 15) is 18.0 Å². The number of carbonyl (C=O) groups is 1. The number of rotatable bonds is 7. The lowest BCUT2D eigenvalue weighted by molar-refractivity contribution is -0.143. The van der Waals surface area contributed by atoms with E-state index in [0.29, 0.717) is 4.68 Å². The smallest absolute Gasteiger partial charge is 0.434 e. The molecule has 1 N–H and O–H groups in total. The van der Waals surface area contributed by atoms with Crippen LogP contribution in [-0.2, 0) is 19.1 Å². The van der Waals surface area contributed by atoms with E-state index in [0.717, 1.165) is 32.1 Å². The highest BCUT2D eigenvalue weighted by molar-refractivity contribution is 5.95. The van der Waals surface area contributed by atoms with E-state index in [1.165, 1.54) is 30.4 Å². The minimum absolute atomic E-state index is 0.00542. The predicted octanol–water partition coefficient (Wildman–Crippen LogP) is 3.26. The van der Waals surface area contributed by atoms with Gasteiger partial charge >= 0.3 is 6.18 Å². The fourth-order valence-corrected chi connectivity index (χ4v) is 4.16. The Balaban J connectivity index is 1.50. The average molecular weight is 474 g/mol. The van der Waals surface area contributed by atoms with Crippen LogP contribution in [0.15, 0.2) is 42.6 Å². The first-order chi connectivity index (χ1) is 16.3. The summed E-state index contributed by atoms with van der Waals surface area (Å²) in [6.45, 7) is 3.79. The Morgan fingerprint density at radius 2 is 1.94 bits per heavy atom. The largest absolute Gasteiger partial charge is 0.480 e. The number of methoxy groups -OCH3 is 1. The van der Waals surface area contributed by atoms with Crippen molar-refractivity contribution >= 4 is 5.91 Å². The van der Waals surface area contributed by atoms with Crippen LogP contribution in [0.3, 0.4) is 0 Å². The Hall–Kier alpha value is -3.47. The molecule has 8 nitrogen and oxygen atoms in total. The number of halogens is 3. The molecule has 1 aliphatic rings. The molecule has 4 rings (SSSR count). The van der Waals surface area contributed by atoms with E-state index in [1.807, 2.05) is 19.1 Å². The molecular formula is C23H25F3N6O2. The number of nitrogens with one attached hydrogen (secondary N) is 1. The number of carbonyl (C=O) groups excluding carboxylic acids is 1. The Morgan fingerprint density at radius 3 is 2.59 bits per heavy atom. The zero-order valence-electron chi connectivity index (χ0n) is 18.8. The summed E-state index contributed by atoms with van der Waals surface area (Å²) in [5.41, 5.74) is 0.773. The van der Waals surface area contributed by atoms with Crippen molar-refractivity contribution in [3.05, 3.63) is 65.0 Å². The molecule has 11 heteroatoms. The van der Waals surface area contributed by atoms with Crippen LogP contribution in [-0.4, -0.2) is 57.0 Å². The number of alkyl halides is 3. The number of hydrogen-bond acceptors (Lipinski definition) is 6. The monoisotopic (exact) mass is 474 g/mol. The standard InChI is InChI=1S/C23H25F3N6O2/c1-3-17(31-11-10-15-6-4-5-7-16(15)14-31)12-27-22(33)18-13-28-32(21(18)23(24,25)26)19-8-9-20(34-2)30-29-19/h4-9,13,17H,3,10-12,14H2,1-2H3,(H,27,33). The van der Waals surface area contributed by atoms with E-state index in [1.54, 1.807) is 0 Å². The van der Waals surface area contributed by atoms with Gasteiger partial charge in [-0.1, -0.05) is 31.2 Å². The Bertz CT molecular complexity index is 1150. The van der Waals surface area contributed by atoms with Gasteiger partial charge in [0.25, 0.3) is 5.91 Å². The number of hydrogen-bond donors (Lipinski definition) is 1. The maximum atomic E-state index is 13.9. The first-order valence-electron chi connectivity index (χ1n) is 10.9. The van der Waals surface area contributed by atoms with Crippen LogP contribution in [0.5, 0.6) is 5.88 Å². The lowest BCUT2D eigenvalue weighted by Gasteiger charge is -2.35. The van der Waals surface area contributed by atoms with Crippen LogP contribution in [0, 0.1) is 0 Å². The second-order valence-corrected chi connectivity index (χ2v) is 8.01. The summed E-state index contributed by atoms with van der Waals surface area (Å²) in [6.07, 6.45) is -2.28. The predicted molar refractivity (Wildman–Crippen MR) is 118 cm³/mol. The van der Waals surface area contributed by atoms with E-state index < -0.39 is 23.3 Å². The van der Waals surface area contributed by atoms with Gasteiger partial charge in [-0.2, -0.15) is 18.3 Å². The van der Waals surface area contributed by atoms with Gasteiger partial charge in [0.05, 0.1) is 18.9 Å². The first-order valence-corrected chi connectivity index (χ1v) is 10.9. The van der Waals surface area contributed by atoms with E-state index in [4.69, 9.17) is 4.74 Å². The zero-order valence-corrected chi connectivity index (χ0v) is 18.8. The van der Waals surface area contributed by atoms with Gasteiger partial charge in [-0.05, 0) is 30.0 Å². The molecule has 0 radical (unpaired) electrons. The molecule has 0 saturated heterocycles. The van der Waals surface area contributed by atoms with Gasteiger partial charge in [0.15, 0.2) is 11.5 Å². The molecule has 2 aromatic heterocycles. The summed E-state index contributed by atoms with van der Waals surface area (Å²) in [6, 6.07) is 10.9. The molecule has 0 saturated carbocycles. The van der Waals surface area contributed by atoms with Gasteiger partial charge in [-0.15, -0.1) is 10.2 Å². The van der Waals surface area contributed by atoms with Gasteiger partial charge in [0.2, 0.25) is 5.88 Å². The molecular weight excluding hydrogens is 449 g/mol. The van der Waals surface area contributed by atoms with E-state index >= 15 is 0 Å². The molecule has 34 heavy (non-hydrogen) atoms. The fourth-order valence-electron chi connectivity index (χ4n) is 4.16. The van der Waals surface area contributed by atoms with Crippen molar-refractivity contribution < 1.29 is 22.7 Å². The maximum Gasteiger partial charge on any atom is 0.434 e. The van der Waals surface area contributed by atoms with Crippen LogP contribution in [0.25, 0.3) is 5.82 Å². The number of fused-ring (bicyclic) bond motifs is 1. The molecule has 1 atom stereocenters. The average Bonchev–Trinajstić information content (AvgIpc) is 3.30. The third-order valence-electron chi connectivity index (χ3n) is 5.98. The summed E-state index contributed by atoms with van der Waals surface area (Å²) >= 11 is 0. The first kappa shape index (κ1) is 23.7. The van der Waals surface area contributed by atoms with Crippen LogP contribution in [0.1, 0.15) is 40.5 Å². The summed E-state index contributed by atoms with van der Waals surface area (Å²) in [5.74, 6) is -0.866. The SMILES string of the molecule is CCC(CNC(=O)c1cnn(-c2ccc(OC)nn2)c1C(F)(F)F)N1CCc2ccccc2C1. The van der Waals surface area contributed by atoms with Gasteiger partial charge in [-0.25, -0.2) is 4.68 Å². The normalized spacial score (nSPS) is 15.0. The molecule has 1 aliphatic heterocycles. The van der Waals surface area contributed by atoms with Crippen LogP contribution in [0.4, 0.5) is 13.2 Å². The van der Waals surface area contributed by atoms with Gasteiger partial charge in [0, 0.05) is 31.7 Å². The number of amides is 1. The molecule has 180 valence electrons. The lowest BCUT2D eigenvalue weighted by atomic mass is 9.98. The van der Waals surface area contributed by atoms with Crippen molar-refractivity contribution in [3.8, 4) is 11.7 Å². The fraction of sp³-hybridized carbons (Fsp3) is 0.391. The second kappa shape index (κ2) is 9.80. The Labute approximate surface area is 194 Å². The van der Waals surface area contributed by atoms with E-state index in [2.05, 4.69) is 37.6 Å². The van der Waals surface area contributed by atoms with E-state index in [-0.39, 0.29) is 24.3 Å². The molecule has 0 bridgehead atoms. The summed E-state index contributed by atoms with van der Waals surface area (Å²) < 4.78 is 47.2. The Kier molecular flexibility index (Phi) is 6.82. The highest BCUT2D eigenvalue weighted by Crippen LogP contribution is 2.33. The molecule has 1 aromatic carbocycles. The van der Waals surface area contributed by atoms with Crippen LogP contribution < -0.4 is 10.1 Å². The van der Waals surface area contributed by atoms with Crippen molar-refractivity contribution in [1.29, 1.82) is 0 Å². The van der Waals surface area contributed by atoms with Gasteiger partial charge < -0.3 is 10.1 Å². The third-order valence-corrected chi connectivity index (χ3v) is 5.98. The van der Waals surface area contributed by atoms with Crippen molar-refractivity contribution in [2.45, 2.75) is 38.5 Å². The maximum absolute atomic E-state index is 13.9. The van der Waals surface area contributed by atoms with Crippen LogP contribution in [0.2, 0.25) is 0 Å². The number of nitrogens with zero attached hydrogens (tertiary/aromatic N) is 5. The molecule has 0 aliphatic carbocycles. The molecule has 1 amide bonds. The molecule has 0 fully saturated rings. The number of benzene rings is 1.